The third kappa shape index (κ3) is 6.36. The van der Waals surface area contributed by atoms with E-state index in [0.717, 1.165) is 30.6 Å². The summed E-state index contributed by atoms with van der Waals surface area (Å²) < 4.78 is 0. The molecule has 0 aliphatic rings. The van der Waals surface area contributed by atoms with E-state index in [9.17, 15) is 0 Å². The van der Waals surface area contributed by atoms with Gasteiger partial charge in [-0.15, -0.1) is 12.3 Å². The highest BCUT2D eigenvalue weighted by molar-refractivity contribution is 4.92. The second-order valence-corrected chi connectivity index (χ2v) is 5.01. The van der Waals surface area contributed by atoms with Crippen LogP contribution in [0.25, 0.3) is 0 Å². The molecule has 0 aromatic rings. The van der Waals surface area contributed by atoms with Crippen LogP contribution in [-0.4, -0.2) is 0 Å². The van der Waals surface area contributed by atoms with Crippen LogP contribution in [0, 0.1) is 17.8 Å². The molecule has 0 saturated carbocycles. The quantitative estimate of drug-likeness (QED) is 0.407. The molecule has 0 N–H and O–H groups in total. The molecule has 0 rings (SSSR count). The predicted molar refractivity (Wildman–Crippen MR) is 69.9 cm³/mol. The summed E-state index contributed by atoms with van der Waals surface area (Å²) in [5.74, 6) is 2.27. The topological polar surface area (TPSA) is 0 Å². The van der Waals surface area contributed by atoms with Crippen LogP contribution >= 0.6 is 0 Å². The van der Waals surface area contributed by atoms with E-state index in [2.05, 4.69) is 46.6 Å². The molecule has 0 aliphatic heterocycles. The summed E-state index contributed by atoms with van der Waals surface area (Å²) in [5, 5.41) is 0. The third-order valence-electron chi connectivity index (χ3n) is 3.23. The van der Waals surface area contributed by atoms with Crippen LogP contribution in [0.5, 0.6) is 0 Å². The van der Waals surface area contributed by atoms with Crippen LogP contribution in [0.4, 0.5) is 0 Å². The lowest BCUT2D eigenvalue weighted by Gasteiger charge is -2.27. The molecule has 15 heavy (non-hydrogen) atoms. The Morgan fingerprint density at radius 3 is 2.33 bits per heavy atom. The van der Waals surface area contributed by atoms with Crippen molar-refractivity contribution >= 4 is 0 Å². The molecule has 2 atom stereocenters. The van der Waals surface area contributed by atoms with Gasteiger partial charge in [-0.2, -0.15) is 0 Å². The minimum Gasteiger partial charge on any atom is -0.133 e. The molecule has 0 saturated heterocycles. The first-order valence-electron chi connectivity index (χ1n) is 5.97. The van der Waals surface area contributed by atoms with Gasteiger partial charge in [-0.1, -0.05) is 32.9 Å². The second-order valence-electron chi connectivity index (χ2n) is 5.01. The minimum absolute atomic E-state index is 0.752. The molecule has 0 fully saturated rings. The van der Waals surface area contributed by atoms with Gasteiger partial charge in [0, 0.05) is 0 Å². The van der Waals surface area contributed by atoms with E-state index in [0.29, 0.717) is 0 Å². The van der Waals surface area contributed by atoms with Gasteiger partial charge in [0.25, 0.3) is 0 Å². The third-order valence-corrected chi connectivity index (χ3v) is 3.23. The van der Waals surface area contributed by atoms with Gasteiger partial charge >= 0.3 is 0 Å². The zero-order valence-corrected chi connectivity index (χ0v) is 10.8. The second kappa shape index (κ2) is 7.54. The van der Waals surface area contributed by atoms with Gasteiger partial charge in [0.15, 0.2) is 0 Å². The fourth-order valence-electron chi connectivity index (χ4n) is 1.94. The van der Waals surface area contributed by atoms with Crippen LogP contribution in [-0.2, 0) is 0 Å². The standard InChI is InChI=1S/C15H26/c1-7-8-9-10-15(11-12(2)3)14(6)13(4)5/h8,13-15H,1-2,9-11H2,3-6H3. The van der Waals surface area contributed by atoms with Gasteiger partial charge in [0.2, 0.25) is 0 Å². The summed E-state index contributed by atoms with van der Waals surface area (Å²) in [6, 6.07) is 0. The SMILES string of the molecule is C=C=CCCC(CC(=C)C)C(C)C(C)C. The monoisotopic (exact) mass is 206 g/mol. The molecule has 0 aliphatic carbocycles. The van der Waals surface area contributed by atoms with Crippen molar-refractivity contribution in [1.29, 1.82) is 0 Å². The summed E-state index contributed by atoms with van der Waals surface area (Å²) in [4.78, 5) is 0. The molecular formula is C15H26. The van der Waals surface area contributed by atoms with E-state index in [1.807, 2.05) is 6.08 Å². The zero-order chi connectivity index (χ0) is 11.8. The van der Waals surface area contributed by atoms with Gasteiger partial charge in [0.05, 0.1) is 0 Å². The van der Waals surface area contributed by atoms with Crippen molar-refractivity contribution < 1.29 is 0 Å². The Labute approximate surface area is 95.8 Å². The number of allylic oxidation sites excluding steroid dienone is 2. The molecule has 0 amide bonds. The lowest BCUT2D eigenvalue weighted by molar-refractivity contribution is 0.261. The molecule has 0 spiro atoms. The summed E-state index contributed by atoms with van der Waals surface area (Å²) >= 11 is 0. The Bertz CT molecular complexity index is 228. The number of hydrogen-bond acceptors (Lipinski definition) is 0. The molecule has 2 unspecified atom stereocenters. The first-order valence-corrected chi connectivity index (χ1v) is 5.97. The van der Waals surface area contributed by atoms with Gasteiger partial charge in [0.1, 0.15) is 0 Å². The van der Waals surface area contributed by atoms with Crippen molar-refractivity contribution in [1.82, 2.24) is 0 Å². The summed E-state index contributed by atoms with van der Waals surface area (Å²) in [7, 11) is 0. The van der Waals surface area contributed by atoms with Crippen LogP contribution in [0.15, 0.2) is 30.5 Å². The Morgan fingerprint density at radius 2 is 1.93 bits per heavy atom. The molecule has 0 bridgehead atoms. The van der Waals surface area contributed by atoms with Crippen LogP contribution < -0.4 is 0 Å². The van der Waals surface area contributed by atoms with Gasteiger partial charge in [-0.25, -0.2) is 0 Å². The van der Waals surface area contributed by atoms with Crippen molar-refractivity contribution in [2.75, 3.05) is 0 Å². The molecule has 0 aromatic heterocycles. The van der Waals surface area contributed by atoms with Crippen molar-refractivity contribution in [3.8, 4) is 0 Å². The number of rotatable bonds is 7. The molecule has 86 valence electrons. The van der Waals surface area contributed by atoms with Gasteiger partial charge < -0.3 is 0 Å². The lowest BCUT2D eigenvalue weighted by Crippen LogP contribution is -2.17. The summed E-state index contributed by atoms with van der Waals surface area (Å²) in [5.41, 5.74) is 4.15. The number of hydrogen-bond donors (Lipinski definition) is 0. The fourth-order valence-corrected chi connectivity index (χ4v) is 1.94. The maximum Gasteiger partial charge on any atom is -0.0272 e. The normalized spacial score (nSPS) is 14.5. The van der Waals surface area contributed by atoms with Gasteiger partial charge in [-0.05, 0) is 50.0 Å². The minimum atomic E-state index is 0.752. The van der Waals surface area contributed by atoms with Crippen molar-refractivity contribution in [2.24, 2.45) is 17.8 Å². The Kier molecular flexibility index (Phi) is 7.17. The highest BCUT2D eigenvalue weighted by Crippen LogP contribution is 2.29. The Hall–Kier alpha value is -0.740. The van der Waals surface area contributed by atoms with Crippen LogP contribution in [0.3, 0.4) is 0 Å². The van der Waals surface area contributed by atoms with Crippen LogP contribution in [0.2, 0.25) is 0 Å². The van der Waals surface area contributed by atoms with E-state index < -0.39 is 0 Å². The predicted octanol–water partition coefficient (Wildman–Crippen LogP) is 4.98. The van der Waals surface area contributed by atoms with Crippen molar-refractivity contribution in [3.05, 3.63) is 30.5 Å². The fraction of sp³-hybridized carbons (Fsp3) is 0.667. The average Bonchev–Trinajstić information content (AvgIpc) is 2.14. The molecule has 0 nitrogen and oxygen atoms in total. The maximum atomic E-state index is 4.03. The first kappa shape index (κ1) is 14.3. The van der Waals surface area contributed by atoms with Gasteiger partial charge in [-0.3, -0.25) is 0 Å². The highest BCUT2D eigenvalue weighted by atomic mass is 14.2. The largest absolute Gasteiger partial charge is 0.133 e. The van der Waals surface area contributed by atoms with E-state index in [-0.39, 0.29) is 0 Å². The average molecular weight is 206 g/mol. The van der Waals surface area contributed by atoms with Crippen molar-refractivity contribution in [3.63, 3.8) is 0 Å². The summed E-state index contributed by atoms with van der Waals surface area (Å²) in [6.07, 6.45) is 5.52. The molecule has 0 heteroatoms. The Morgan fingerprint density at radius 1 is 1.33 bits per heavy atom. The van der Waals surface area contributed by atoms with Crippen LogP contribution in [0.1, 0.15) is 47.0 Å². The molecule has 0 radical (unpaired) electrons. The maximum absolute atomic E-state index is 4.03. The van der Waals surface area contributed by atoms with E-state index in [1.54, 1.807) is 0 Å². The molecule has 0 heterocycles. The summed E-state index contributed by atoms with van der Waals surface area (Å²) in [6.45, 7) is 16.7. The molecule has 0 aromatic carbocycles. The van der Waals surface area contributed by atoms with E-state index in [1.165, 1.54) is 12.0 Å². The highest BCUT2D eigenvalue weighted by Gasteiger charge is 2.19. The van der Waals surface area contributed by atoms with E-state index in [4.69, 9.17) is 0 Å². The molecular weight excluding hydrogens is 180 g/mol. The zero-order valence-electron chi connectivity index (χ0n) is 10.8. The Balaban J connectivity index is 4.28. The van der Waals surface area contributed by atoms with E-state index >= 15 is 0 Å². The first-order chi connectivity index (χ1) is 6.99. The van der Waals surface area contributed by atoms with Crippen molar-refractivity contribution in [2.45, 2.75) is 47.0 Å². The smallest absolute Gasteiger partial charge is 0.0272 e. The lowest BCUT2D eigenvalue weighted by atomic mass is 9.79.